The van der Waals surface area contributed by atoms with Gasteiger partial charge < -0.3 is 20.1 Å². The average Bonchev–Trinajstić information content (AvgIpc) is 3.46. The number of allylic oxidation sites excluding steroid dienone is 1. The van der Waals surface area contributed by atoms with Crippen LogP contribution in [0.5, 0.6) is 11.5 Å². The summed E-state index contributed by atoms with van der Waals surface area (Å²) in [4.78, 5) is 46.1. The first kappa shape index (κ1) is 25.3. The molecular weight excluding hydrogens is 528 g/mol. The monoisotopic (exact) mass is 552 g/mol. The lowest BCUT2D eigenvalue weighted by atomic mass is 9.94. The van der Waals surface area contributed by atoms with Crippen molar-refractivity contribution in [3.8, 4) is 11.5 Å². The van der Waals surface area contributed by atoms with Crippen molar-refractivity contribution in [3.63, 3.8) is 0 Å². The Morgan fingerprint density at radius 2 is 1.75 bits per heavy atom. The molecule has 0 radical (unpaired) electrons. The van der Waals surface area contributed by atoms with E-state index >= 15 is 0 Å². The normalized spacial score (nSPS) is 17.0. The third kappa shape index (κ3) is 4.09. The quantitative estimate of drug-likeness (QED) is 0.395. The van der Waals surface area contributed by atoms with E-state index in [-0.39, 0.29) is 21.6 Å². The van der Waals surface area contributed by atoms with Crippen molar-refractivity contribution in [1.29, 1.82) is 0 Å². The predicted octanol–water partition coefficient (Wildman–Crippen LogP) is 3.21. The van der Waals surface area contributed by atoms with Crippen LogP contribution >= 0.6 is 11.3 Å². The van der Waals surface area contributed by atoms with Crippen molar-refractivity contribution in [1.82, 2.24) is 4.57 Å². The summed E-state index contributed by atoms with van der Waals surface area (Å²) in [5.74, 6) is 0.233. The third-order valence-corrected chi connectivity index (χ3v) is 7.96. The van der Waals surface area contributed by atoms with Crippen LogP contribution < -0.4 is 35.0 Å². The van der Waals surface area contributed by atoms with E-state index in [4.69, 9.17) is 9.47 Å². The summed E-state index contributed by atoms with van der Waals surface area (Å²) >= 11 is 1.12. The number of fused-ring (bicyclic) bond motifs is 2. The number of carbonyl (C=O) groups is 2. The molecule has 1 unspecified atom stereocenters. The lowest BCUT2D eigenvalue weighted by molar-refractivity contribution is -0.113. The van der Waals surface area contributed by atoms with Gasteiger partial charge in [-0.3, -0.25) is 19.0 Å². The average molecular weight is 553 g/mol. The van der Waals surface area contributed by atoms with Crippen molar-refractivity contribution < 1.29 is 19.1 Å². The Balaban J connectivity index is 1.61. The maximum absolute atomic E-state index is 14.2. The summed E-state index contributed by atoms with van der Waals surface area (Å²) in [6, 6.07) is 20.6. The van der Waals surface area contributed by atoms with E-state index in [1.807, 2.05) is 30.3 Å². The first-order chi connectivity index (χ1) is 19.4. The van der Waals surface area contributed by atoms with E-state index in [0.717, 1.165) is 11.3 Å². The lowest BCUT2D eigenvalue weighted by Gasteiger charge is -2.26. The molecule has 0 aliphatic carbocycles. The number of ether oxygens (including phenoxy) is 2. The van der Waals surface area contributed by atoms with Gasteiger partial charge in [0.05, 0.1) is 31.1 Å². The molecule has 0 saturated heterocycles. The first-order valence-electron chi connectivity index (χ1n) is 12.5. The molecule has 2 aliphatic heterocycles. The Morgan fingerprint density at radius 1 is 1.00 bits per heavy atom. The highest BCUT2D eigenvalue weighted by Gasteiger charge is 2.36. The molecule has 6 rings (SSSR count). The minimum absolute atomic E-state index is 0.246. The fourth-order valence-electron chi connectivity index (χ4n) is 5.06. The topological polar surface area (TPSA) is 111 Å². The Morgan fingerprint density at radius 3 is 2.50 bits per heavy atom. The van der Waals surface area contributed by atoms with Crippen LogP contribution in [-0.4, -0.2) is 30.6 Å². The number of thiazole rings is 1. The molecule has 3 heterocycles. The Hall–Kier alpha value is -4.96. The van der Waals surface area contributed by atoms with Crippen LogP contribution in [0.4, 0.5) is 11.4 Å². The minimum Gasteiger partial charge on any atom is -0.497 e. The van der Waals surface area contributed by atoms with E-state index < -0.39 is 17.5 Å². The molecule has 2 N–H and O–H groups in total. The predicted molar refractivity (Wildman–Crippen MR) is 152 cm³/mol. The number of aromatic nitrogens is 1. The van der Waals surface area contributed by atoms with Crippen LogP contribution in [0.2, 0.25) is 0 Å². The molecule has 40 heavy (non-hydrogen) atoms. The van der Waals surface area contributed by atoms with Crippen LogP contribution in [0.1, 0.15) is 24.1 Å². The molecule has 1 atom stereocenters. The molecule has 0 bridgehead atoms. The third-order valence-electron chi connectivity index (χ3n) is 6.91. The number of benzene rings is 3. The van der Waals surface area contributed by atoms with Crippen molar-refractivity contribution >= 4 is 40.1 Å². The highest BCUT2D eigenvalue weighted by molar-refractivity contribution is 7.07. The molecule has 1 aromatic heterocycles. The number of anilines is 2. The van der Waals surface area contributed by atoms with E-state index in [2.05, 4.69) is 15.6 Å². The molecule has 4 aromatic rings. The zero-order valence-electron chi connectivity index (χ0n) is 21.8. The molecule has 9 nitrogen and oxygen atoms in total. The number of nitrogens with zero attached hydrogens (tertiary/aromatic N) is 2. The van der Waals surface area contributed by atoms with Crippen molar-refractivity contribution in [2.75, 3.05) is 24.9 Å². The Labute approximate surface area is 232 Å². The fourth-order valence-corrected chi connectivity index (χ4v) is 6.21. The van der Waals surface area contributed by atoms with Crippen LogP contribution in [0.3, 0.4) is 0 Å². The van der Waals surface area contributed by atoms with Crippen LogP contribution in [0.25, 0.3) is 5.57 Å². The molecular formula is C30H24N4O5S. The van der Waals surface area contributed by atoms with Gasteiger partial charge in [0.15, 0.2) is 4.80 Å². The van der Waals surface area contributed by atoms with Gasteiger partial charge in [-0.15, -0.1) is 0 Å². The summed E-state index contributed by atoms with van der Waals surface area (Å²) in [5, 5.41) is 5.76. The van der Waals surface area contributed by atoms with Crippen LogP contribution in [0, 0.1) is 0 Å². The minimum atomic E-state index is -0.880. The molecule has 0 saturated carbocycles. The van der Waals surface area contributed by atoms with E-state index in [0.29, 0.717) is 44.5 Å². The van der Waals surface area contributed by atoms with Gasteiger partial charge in [0.1, 0.15) is 22.1 Å². The molecule has 2 amide bonds. The summed E-state index contributed by atoms with van der Waals surface area (Å²) < 4.78 is 12.8. The maximum Gasteiger partial charge on any atom is 0.271 e. The Kier molecular flexibility index (Phi) is 6.31. The van der Waals surface area contributed by atoms with Gasteiger partial charge >= 0.3 is 0 Å². The summed E-state index contributed by atoms with van der Waals surface area (Å²) in [6.45, 7) is 1.74. The molecule has 0 spiro atoms. The van der Waals surface area contributed by atoms with Gasteiger partial charge in [0, 0.05) is 28.6 Å². The number of hydrogen-bond donors (Lipinski definition) is 2. The van der Waals surface area contributed by atoms with Crippen molar-refractivity contribution in [2.45, 2.75) is 13.0 Å². The summed E-state index contributed by atoms with van der Waals surface area (Å²) in [7, 11) is 3.07. The number of hydrogen-bond acceptors (Lipinski definition) is 7. The van der Waals surface area contributed by atoms with Crippen molar-refractivity contribution in [3.05, 3.63) is 115 Å². The van der Waals surface area contributed by atoms with Gasteiger partial charge in [-0.1, -0.05) is 47.7 Å². The smallest absolute Gasteiger partial charge is 0.271 e. The van der Waals surface area contributed by atoms with E-state index in [1.54, 1.807) is 56.5 Å². The van der Waals surface area contributed by atoms with E-state index in [9.17, 15) is 14.4 Å². The zero-order valence-corrected chi connectivity index (χ0v) is 22.7. The number of para-hydroxylation sites is 2. The second kappa shape index (κ2) is 9.97. The van der Waals surface area contributed by atoms with Gasteiger partial charge in [-0.25, -0.2) is 4.99 Å². The maximum atomic E-state index is 14.2. The highest BCUT2D eigenvalue weighted by Crippen LogP contribution is 2.38. The number of amides is 2. The molecule has 200 valence electrons. The molecule has 0 fully saturated rings. The lowest BCUT2D eigenvalue weighted by Crippen LogP contribution is -2.41. The molecule has 10 heteroatoms. The fraction of sp³-hybridized carbons (Fsp3) is 0.133. The van der Waals surface area contributed by atoms with Crippen LogP contribution in [0.15, 0.2) is 93.9 Å². The second-order valence-corrected chi connectivity index (χ2v) is 10.2. The highest BCUT2D eigenvalue weighted by atomic mass is 32.1. The molecule has 2 aliphatic rings. The van der Waals surface area contributed by atoms with E-state index in [1.165, 1.54) is 11.7 Å². The summed E-state index contributed by atoms with van der Waals surface area (Å²) in [6.07, 6.45) is 0. The number of methoxy groups -OCH3 is 2. The number of nitrogens with one attached hydrogen (secondary N) is 2. The van der Waals surface area contributed by atoms with Gasteiger partial charge in [0.2, 0.25) is 0 Å². The van der Waals surface area contributed by atoms with Gasteiger partial charge in [-0.05, 0) is 37.3 Å². The second-order valence-electron chi connectivity index (χ2n) is 9.21. The van der Waals surface area contributed by atoms with Gasteiger partial charge in [0.25, 0.3) is 17.4 Å². The Bertz CT molecular complexity index is 1910. The number of carbonyl (C=O) groups excluding carboxylic acids is 2. The first-order valence-corrected chi connectivity index (χ1v) is 13.3. The van der Waals surface area contributed by atoms with Crippen LogP contribution in [-0.2, 0) is 9.59 Å². The van der Waals surface area contributed by atoms with Gasteiger partial charge in [-0.2, -0.15) is 0 Å². The zero-order chi connectivity index (χ0) is 28.0. The molecule has 3 aromatic carbocycles. The summed E-state index contributed by atoms with van der Waals surface area (Å²) in [5.41, 5.74) is 3.06. The van der Waals surface area contributed by atoms with Crippen molar-refractivity contribution in [2.24, 2.45) is 4.99 Å². The SMILES string of the molecule is COc1ccc(C2C(C(=O)Nc3ccccc3)=C(C)N=c3s/c(=C4\C(=O)Nc5ccccc54)c(=O)n32)c(OC)c1. The largest absolute Gasteiger partial charge is 0.497 e. The number of rotatable bonds is 5. The standard InChI is InChI=1S/C30H24N4O5S/c1-16-23(27(35)32-17-9-5-4-6-10-17)25(20-14-13-18(38-2)15-22(20)39-3)34-29(37)26(40-30(34)31-16)24-19-11-7-8-12-21(19)33-28(24)36/h4-15,25H,1-3H3,(H,32,35)(H,33,36)/b26-24-.